The van der Waals surface area contributed by atoms with Gasteiger partial charge < -0.3 is 4.90 Å². The Morgan fingerprint density at radius 1 is 1.73 bits per heavy atom. The van der Waals surface area contributed by atoms with Gasteiger partial charge in [-0.1, -0.05) is 6.92 Å². The minimum Gasteiger partial charge on any atom is -0.306 e. The molecule has 2 heteroatoms. The summed E-state index contributed by atoms with van der Waals surface area (Å²) in [6, 6.07) is 2.39. The molecule has 1 fully saturated rings. The molecule has 1 aliphatic rings. The molecule has 0 N–H and O–H groups in total. The van der Waals surface area contributed by atoms with Gasteiger partial charge >= 0.3 is 0 Å². The summed E-state index contributed by atoms with van der Waals surface area (Å²) in [5.74, 6) is 0.926. The summed E-state index contributed by atoms with van der Waals surface area (Å²) in [6.45, 7) is 4.39. The molecule has 11 heavy (non-hydrogen) atoms. The Bertz CT molecular complexity index is 159. The van der Waals surface area contributed by atoms with Crippen LogP contribution in [0.3, 0.4) is 0 Å². The predicted octanol–water partition coefficient (Wildman–Crippen LogP) is 1.49. The lowest BCUT2D eigenvalue weighted by Crippen LogP contribution is -2.18. The molecule has 0 radical (unpaired) electrons. The zero-order chi connectivity index (χ0) is 8.27. The van der Waals surface area contributed by atoms with E-state index in [4.69, 9.17) is 5.26 Å². The van der Waals surface area contributed by atoms with Gasteiger partial charge in [0, 0.05) is 6.54 Å². The molecule has 1 aliphatic heterocycles. The topological polar surface area (TPSA) is 27.0 Å². The third-order valence-electron chi connectivity index (χ3n) is 2.60. The molecule has 0 aromatic rings. The van der Waals surface area contributed by atoms with Gasteiger partial charge in [-0.25, -0.2) is 0 Å². The highest BCUT2D eigenvalue weighted by molar-refractivity contribution is 4.91. The van der Waals surface area contributed by atoms with Crippen molar-refractivity contribution >= 4 is 0 Å². The lowest BCUT2D eigenvalue weighted by atomic mass is 9.91. The summed E-state index contributed by atoms with van der Waals surface area (Å²) in [4.78, 5) is 2.31. The van der Waals surface area contributed by atoms with Crippen molar-refractivity contribution in [1.82, 2.24) is 4.90 Å². The van der Waals surface area contributed by atoms with Gasteiger partial charge in [-0.3, -0.25) is 0 Å². The van der Waals surface area contributed by atoms with Crippen LogP contribution < -0.4 is 0 Å². The highest BCUT2D eigenvalue weighted by Crippen LogP contribution is 2.24. The Balaban J connectivity index is 2.42. The second-order valence-electron chi connectivity index (χ2n) is 3.45. The summed E-state index contributed by atoms with van der Waals surface area (Å²) in [7, 11) is 2.13. The van der Waals surface area contributed by atoms with Gasteiger partial charge in [-0.15, -0.1) is 0 Å². The van der Waals surface area contributed by atoms with E-state index in [9.17, 15) is 0 Å². The van der Waals surface area contributed by atoms with Crippen LogP contribution in [0.15, 0.2) is 0 Å². The van der Waals surface area contributed by atoms with Crippen molar-refractivity contribution in [1.29, 1.82) is 5.26 Å². The fourth-order valence-corrected chi connectivity index (χ4v) is 1.83. The van der Waals surface area contributed by atoms with Crippen LogP contribution in [-0.2, 0) is 0 Å². The van der Waals surface area contributed by atoms with E-state index in [1.807, 2.05) is 0 Å². The zero-order valence-corrected chi connectivity index (χ0v) is 7.38. The summed E-state index contributed by atoms with van der Waals surface area (Å²) < 4.78 is 0. The molecule has 0 saturated carbocycles. The molecule has 0 aromatic carbocycles. The molecule has 1 rings (SSSR count). The Hall–Kier alpha value is -0.550. The van der Waals surface area contributed by atoms with E-state index in [0.717, 1.165) is 13.0 Å². The van der Waals surface area contributed by atoms with E-state index in [-0.39, 0.29) is 0 Å². The third kappa shape index (κ3) is 1.94. The maximum Gasteiger partial charge on any atom is 0.0659 e. The first-order valence-electron chi connectivity index (χ1n) is 4.36. The fourth-order valence-electron chi connectivity index (χ4n) is 1.83. The third-order valence-corrected chi connectivity index (χ3v) is 2.60. The number of nitrogens with zero attached hydrogens (tertiary/aromatic N) is 2. The van der Waals surface area contributed by atoms with Crippen molar-refractivity contribution in [2.75, 3.05) is 20.1 Å². The van der Waals surface area contributed by atoms with Crippen LogP contribution in [0.1, 0.15) is 19.8 Å². The molecule has 1 saturated heterocycles. The highest BCUT2D eigenvalue weighted by atomic mass is 15.1. The predicted molar refractivity (Wildman–Crippen MR) is 45.0 cm³/mol. The Labute approximate surface area is 68.8 Å². The molecule has 2 nitrogen and oxygen atoms in total. The molecule has 0 aromatic heterocycles. The maximum atomic E-state index is 8.80. The van der Waals surface area contributed by atoms with E-state index in [0.29, 0.717) is 11.8 Å². The van der Waals surface area contributed by atoms with Gasteiger partial charge in [-0.05, 0) is 32.4 Å². The second kappa shape index (κ2) is 3.73. The number of rotatable bonds is 2. The smallest absolute Gasteiger partial charge is 0.0659 e. The second-order valence-corrected chi connectivity index (χ2v) is 3.45. The van der Waals surface area contributed by atoms with Gasteiger partial charge in [0.1, 0.15) is 0 Å². The average Bonchev–Trinajstić information content (AvgIpc) is 2.39. The minimum atomic E-state index is 0.292. The van der Waals surface area contributed by atoms with Crippen molar-refractivity contribution in [3.8, 4) is 6.07 Å². The number of nitriles is 1. The molecule has 0 spiro atoms. The molecular formula is C9H16N2. The summed E-state index contributed by atoms with van der Waals surface area (Å²) in [5, 5.41) is 8.80. The lowest BCUT2D eigenvalue weighted by molar-refractivity contribution is 0.356. The van der Waals surface area contributed by atoms with Crippen molar-refractivity contribution in [2.45, 2.75) is 19.8 Å². The number of hydrogen-bond acceptors (Lipinski definition) is 2. The Morgan fingerprint density at radius 3 is 2.82 bits per heavy atom. The molecule has 2 unspecified atom stereocenters. The van der Waals surface area contributed by atoms with Gasteiger partial charge in [0.15, 0.2) is 0 Å². The Morgan fingerprint density at radius 2 is 2.45 bits per heavy atom. The van der Waals surface area contributed by atoms with E-state index >= 15 is 0 Å². The molecule has 2 atom stereocenters. The molecule has 0 bridgehead atoms. The summed E-state index contributed by atoms with van der Waals surface area (Å²) in [6.07, 6.45) is 2.22. The standard InChI is InChI=1S/C9H16N2/c1-3-8(6-10)9-4-5-11(2)7-9/h8-9H,3-5,7H2,1-2H3. The van der Waals surface area contributed by atoms with E-state index in [1.54, 1.807) is 0 Å². The minimum absolute atomic E-state index is 0.292. The van der Waals surface area contributed by atoms with E-state index in [1.165, 1.54) is 13.0 Å². The quantitative estimate of drug-likeness (QED) is 0.599. The fraction of sp³-hybridized carbons (Fsp3) is 0.889. The molecule has 0 amide bonds. The van der Waals surface area contributed by atoms with Crippen LogP contribution in [-0.4, -0.2) is 25.0 Å². The van der Waals surface area contributed by atoms with Crippen LogP contribution in [0.25, 0.3) is 0 Å². The zero-order valence-electron chi connectivity index (χ0n) is 7.38. The van der Waals surface area contributed by atoms with Crippen LogP contribution in [0, 0.1) is 23.2 Å². The van der Waals surface area contributed by atoms with E-state index in [2.05, 4.69) is 24.9 Å². The maximum absolute atomic E-state index is 8.80. The van der Waals surface area contributed by atoms with Crippen LogP contribution >= 0.6 is 0 Å². The summed E-state index contributed by atoms with van der Waals surface area (Å²) >= 11 is 0. The normalized spacial score (nSPS) is 28.3. The first-order chi connectivity index (χ1) is 5.27. The largest absolute Gasteiger partial charge is 0.306 e. The van der Waals surface area contributed by atoms with Crippen molar-refractivity contribution in [2.24, 2.45) is 11.8 Å². The van der Waals surface area contributed by atoms with Crippen molar-refractivity contribution in [3.05, 3.63) is 0 Å². The molecule has 62 valence electrons. The first kappa shape index (κ1) is 8.55. The molecule has 0 aliphatic carbocycles. The van der Waals surface area contributed by atoms with Gasteiger partial charge in [0.05, 0.1) is 12.0 Å². The number of hydrogen-bond donors (Lipinski definition) is 0. The Kier molecular flexibility index (Phi) is 2.90. The number of likely N-dealkylation sites (tertiary alicyclic amines) is 1. The summed E-state index contributed by atoms with van der Waals surface area (Å²) in [5.41, 5.74) is 0. The van der Waals surface area contributed by atoms with Gasteiger partial charge in [0.2, 0.25) is 0 Å². The van der Waals surface area contributed by atoms with Crippen molar-refractivity contribution in [3.63, 3.8) is 0 Å². The van der Waals surface area contributed by atoms with Crippen LogP contribution in [0.5, 0.6) is 0 Å². The monoisotopic (exact) mass is 152 g/mol. The lowest BCUT2D eigenvalue weighted by Gasteiger charge is -2.13. The van der Waals surface area contributed by atoms with Gasteiger partial charge in [0.25, 0.3) is 0 Å². The average molecular weight is 152 g/mol. The van der Waals surface area contributed by atoms with Crippen molar-refractivity contribution < 1.29 is 0 Å². The first-order valence-corrected chi connectivity index (χ1v) is 4.36. The van der Waals surface area contributed by atoms with Crippen LogP contribution in [0.4, 0.5) is 0 Å². The van der Waals surface area contributed by atoms with Gasteiger partial charge in [-0.2, -0.15) is 5.26 Å². The van der Waals surface area contributed by atoms with E-state index < -0.39 is 0 Å². The molecule has 1 heterocycles. The highest BCUT2D eigenvalue weighted by Gasteiger charge is 2.26. The van der Waals surface area contributed by atoms with Crippen LogP contribution in [0.2, 0.25) is 0 Å². The SMILES string of the molecule is CCC(C#N)C1CCN(C)C1. The molecular weight excluding hydrogens is 136 g/mol.